The van der Waals surface area contributed by atoms with Crippen molar-refractivity contribution in [2.75, 3.05) is 13.2 Å². The molecule has 0 spiro atoms. The quantitative estimate of drug-likeness (QED) is 0.782. The molecule has 1 saturated heterocycles. The van der Waals surface area contributed by atoms with Crippen molar-refractivity contribution in [2.45, 2.75) is 32.4 Å². The van der Waals surface area contributed by atoms with Gasteiger partial charge < -0.3 is 9.15 Å². The monoisotopic (exact) mass is 335 g/mol. The fourth-order valence-corrected chi connectivity index (χ4v) is 2.85. The number of rotatable bonds is 5. The van der Waals surface area contributed by atoms with E-state index in [2.05, 4.69) is 10.2 Å². The number of hydrogen-bond donors (Lipinski definition) is 0. The van der Waals surface area contributed by atoms with Gasteiger partial charge in [0.1, 0.15) is 6.04 Å². The molecule has 1 aromatic carbocycles. The minimum absolute atomic E-state index is 0.178. The van der Waals surface area contributed by atoms with E-state index in [1.165, 1.54) is 0 Å². The topological polar surface area (TPSA) is 68.5 Å². The van der Waals surface area contributed by atoms with E-state index in [9.17, 15) is 4.79 Å². The summed E-state index contributed by atoms with van der Waals surface area (Å²) in [5.41, 5.74) is 0.816. The standard InChI is InChI=1S/C16H18ClN3O3/c1-2-22-16(21)13-4-3-9-20(13)10-14-18-19-15(23-14)11-5-7-12(17)8-6-11/h5-8,13H,2-4,9-10H2,1H3/t13-/m1/s1. The zero-order valence-corrected chi connectivity index (χ0v) is 13.6. The zero-order chi connectivity index (χ0) is 16.2. The van der Waals surface area contributed by atoms with Crippen molar-refractivity contribution in [2.24, 2.45) is 0 Å². The molecule has 0 N–H and O–H groups in total. The number of benzene rings is 1. The zero-order valence-electron chi connectivity index (χ0n) is 12.9. The Morgan fingerprint density at radius 2 is 2.17 bits per heavy atom. The van der Waals surface area contributed by atoms with Crippen molar-refractivity contribution in [1.82, 2.24) is 15.1 Å². The molecular weight excluding hydrogens is 318 g/mol. The molecule has 6 nitrogen and oxygen atoms in total. The highest BCUT2D eigenvalue weighted by Gasteiger charge is 2.32. The molecule has 0 saturated carbocycles. The summed E-state index contributed by atoms with van der Waals surface area (Å²) >= 11 is 5.87. The van der Waals surface area contributed by atoms with Gasteiger partial charge in [0.2, 0.25) is 11.8 Å². The Labute approximate surface area is 139 Å². The van der Waals surface area contributed by atoms with Crippen molar-refractivity contribution in [3.05, 3.63) is 35.2 Å². The fourth-order valence-electron chi connectivity index (χ4n) is 2.72. The van der Waals surface area contributed by atoms with Crippen LogP contribution < -0.4 is 0 Å². The van der Waals surface area contributed by atoms with Crippen LogP contribution in [0.25, 0.3) is 11.5 Å². The van der Waals surface area contributed by atoms with Crippen molar-refractivity contribution in [3.8, 4) is 11.5 Å². The highest BCUT2D eigenvalue weighted by Crippen LogP contribution is 2.24. The summed E-state index contributed by atoms with van der Waals surface area (Å²) in [5, 5.41) is 8.79. The fraction of sp³-hybridized carbons (Fsp3) is 0.438. The smallest absolute Gasteiger partial charge is 0.323 e. The number of ether oxygens (including phenoxy) is 1. The number of esters is 1. The van der Waals surface area contributed by atoms with Gasteiger partial charge in [0.05, 0.1) is 13.2 Å². The summed E-state index contributed by atoms with van der Waals surface area (Å²) in [4.78, 5) is 14.0. The first-order chi connectivity index (χ1) is 11.2. The van der Waals surface area contributed by atoms with Gasteiger partial charge in [-0.25, -0.2) is 0 Å². The molecule has 7 heteroatoms. The van der Waals surface area contributed by atoms with Crippen LogP contribution >= 0.6 is 11.6 Å². The highest BCUT2D eigenvalue weighted by atomic mass is 35.5. The van der Waals surface area contributed by atoms with Crippen molar-refractivity contribution < 1.29 is 13.9 Å². The average Bonchev–Trinajstić information content (AvgIpc) is 3.18. The van der Waals surface area contributed by atoms with Crippen LogP contribution in [0.5, 0.6) is 0 Å². The van der Waals surface area contributed by atoms with E-state index in [0.29, 0.717) is 30.0 Å². The molecule has 0 radical (unpaired) electrons. The van der Waals surface area contributed by atoms with Gasteiger partial charge in [-0.15, -0.1) is 10.2 Å². The Morgan fingerprint density at radius 1 is 1.39 bits per heavy atom. The van der Waals surface area contributed by atoms with Crippen LogP contribution in [0.2, 0.25) is 5.02 Å². The molecule has 1 fully saturated rings. The summed E-state index contributed by atoms with van der Waals surface area (Å²) in [6, 6.07) is 6.99. The second-order valence-corrected chi connectivity index (χ2v) is 5.82. The van der Waals surface area contributed by atoms with E-state index in [1.807, 2.05) is 24.0 Å². The van der Waals surface area contributed by atoms with Crippen LogP contribution in [0.1, 0.15) is 25.7 Å². The number of halogens is 1. The van der Waals surface area contributed by atoms with Crippen LogP contribution in [0.15, 0.2) is 28.7 Å². The van der Waals surface area contributed by atoms with E-state index >= 15 is 0 Å². The Hall–Kier alpha value is -1.92. The summed E-state index contributed by atoms with van der Waals surface area (Å²) in [5.74, 6) is 0.761. The molecule has 2 heterocycles. The average molecular weight is 336 g/mol. The van der Waals surface area contributed by atoms with E-state index < -0.39 is 0 Å². The molecule has 1 atom stereocenters. The van der Waals surface area contributed by atoms with Crippen LogP contribution in [0.4, 0.5) is 0 Å². The number of hydrogen-bond acceptors (Lipinski definition) is 6. The molecular formula is C16H18ClN3O3. The van der Waals surface area contributed by atoms with Gasteiger partial charge in [-0.2, -0.15) is 0 Å². The molecule has 1 aromatic heterocycles. The largest absolute Gasteiger partial charge is 0.465 e. The Balaban J connectivity index is 1.69. The van der Waals surface area contributed by atoms with Gasteiger partial charge in [-0.1, -0.05) is 11.6 Å². The van der Waals surface area contributed by atoms with Crippen molar-refractivity contribution >= 4 is 17.6 Å². The predicted octanol–water partition coefficient (Wildman–Crippen LogP) is 2.92. The van der Waals surface area contributed by atoms with Crippen molar-refractivity contribution in [1.29, 1.82) is 0 Å². The van der Waals surface area contributed by atoms with Crippen LogP contribution in [0.3, 0.4) is 0 Å². The SMILES string of the molecule is CCOC(=O)[C@H]1CCCN1Cc1nnc(-c2ccc(Cl)cc2)o1. The third-order valence-electron chi connectivity index (χ3n) is 3.82. The Kier molecular flexibility index (Phi) is 4.93. The normalized spacial score (nSPS) is 18.3. The van der Waals surface area contributed by atoms with Gasteiger partial charge in [-0.05, 0) is 50.6 Å². The van der Waals surface area contributed by atoms with Gasteiger partial charge in [-0.3, -0.25) is 9.69 Å². The Bertz CT molecular complexity index is 671. The molecule has 2 aromatic rings. The third kappa shape index (κ3) is 3.71. The number of nitrogens with zero attached hydrogens (tertiary/aromatic N) is 3. The minimum Gasteiger partial charge on any atom is -0.465 e. The lowest BCUT2D eigenvalue weighted by Gasteiger charge is -2.20. The maximum atomic E-state index is 12.0. The molecule has 0 unspecified atom stereocenters. The van der Waals surface area contributed by atoms with Gasteiger partial charge >= 0.3 is 5.97 Å². The van der Waals surface area contributed by atoms with Crippen LogP contribution in [-0.2, 0) is 16.1 Å². The lowest BCUT2D eigenvalue weighted by molar-refractivity contribution is -0.148. The molecule has 0 amide bonds. The maximum absolute atomic E-state index is 12.0. The summed E-state index contributed by atoms with van der Waals surface area (Å²) in [7, 11) is 0. The first kappa shape index (κ1) is 16.0. The van der Waals surface area contributed by atoms with Crippen molar-refractivity contribution in [3.63, 3.8) is 0 Å². The lowest BCUT2D eigenvalue weighted by atomic mass is 10.2. The number of carbonyl (C=O) groups excluding carboxylic acids is 1. The second-order valence-electron chi connectivity index (χ2n) is 5.39. The third-order valence-corrected chi connectivity index (χ3v) is 4.07. The number of carbonyl (C=O) groups is 1. The van der Waals surface area contributed by atoms with Gasteiger partial charge in [0, 0.05) is 10.6 Å². The van der Waals surface area contributed by atoms with Gasteiger partial charge in [0.25, 0.3) is 0 Å². The summed E-state index contributed by atoms with van der Waals surface area (Å²) in [6.07, 6.45) is 1.76. The maximum Gasteiger partial charge on any atom is 0.323 e. The number of aromatic nitrogens is 2. The number of likely N-dealkylation sites (tertiary alicyclic amines) is 1. The van der Waals surface area contributed by atoms with E-state index in [1.54, 1.807) is 12.1 Å². The molecule has 1 aliphatic rings. The second kappa shape index (κ2) is 7.10. The molecule has 122 valence electrons. The highest BCUT2D eigenvalue weighted by molar-refractivity contribution is 6.30. The van der Waals surface area contributed by atoms with Gasteiger partial charge in [0.15, 0.2) is 0 Å². The Morgan fingerprint density at radius 3 is 2.91 bits per heavy atom. The van der Waals surface area contributed by atoms with Crippen LogP contribution in [0, 0.1) is 0 Å². The molecule has 0 bridgehead atoms. The molecule has 0 aliphatic carbocycles. The van der Waals surface area contributed by atoms with E-state index in [4.69, 9.17) is 20.8 Å². The predicted molar refractivity (Wildman–Crippen MR) is 84.8 cm³/mol. The van der Waals surface area contributed by atoms with E-state index in [-0.39, 0.29) is 12.0 Å². The first-order valence-corrected chi connectivity index (χ1v) is 8.04. The van der Waals surface area contributed by atoms with Crippen LogP contribution in [-0.4, -0.2) is 40.3 Å². The minimum atomic E-state index is -0.221. The molecule has 1 aliphatic heterocycles. The molecule has 3 rings (SSSR count). The summed E-state index contributed by atoms with van der Waals surface area (Å²) in [6.45, 7) is 3.48. The lowest BCUT2D eigenvalue weighted by Crippen LogP contribution is -2.36. The molecule has 23 heavy (non-hydrogen) atoms. The first-order valence-electron chi connectivity index (χ1n) is 7.66. The summed E-state index contributed by atoms with van der Waals surface area (Å²) < 4.78 is 10.8. The van der Waals surface area contributed by atoms with E-state index in [0.717, 1.165) is 24.9 Å².